The Kier molecular flexibility index (Phi) is 18.5. The van der Waals surface area contributed by atoms with Crippen molar-refractivity contribution in [3.05, 3.63) is 112 Å². The van der Waals surface area contributed by atoms with Crippen molar-refractivity contribution >= 4 is 103 Å². The van der Waals surface area contributed by atoms with Crippen LogP contribution in [0.15, 0.2) is 85.3 Å². The van der Waals surface area contributed by atoms with E-state index >= 15 is 0 Å². The van der Waals surface area contributed by atoms with Crippen molar-refractivity contribution < 1.29 is 61.2 Å². The van der Waals surface area contributed by atoms with Gasteiger partial charge in [0.15, 0.2) is 10.1 Å². The third-order valence-corrected chi connectivity index (χ3v) is 12.1. The van der Waals surface area contributed by atoms with Crippen LogP contribution in [0.2, 0.25) is 0 Å². The van der Waals surface area contributed by atoms with E-state index in [0.29, 0.717) is 58.0 Å². The van der Waals surface area contributed by atoms with E-state index < -0.39 is 11.9 Å². The Morgan fingerprint density at radius 3 is 1.89 bits per heavy atom. The maximum absolute atomic E-state index is 12.7. The van der Waals surface area contributed by atoms with Crippen molar-refractivity contribution in [3.8, 4) is 50.0 Å². The molecule has 65 heavy (non-hydrogen) atoms. The molecule has 0 unspecified atom stereocenters. The number of thiophene rings is 3. The Hall–Kier alpha value is -6.21. The number of halogens is 3. The Labute approximate surface area is 399 Å². The number of hydrogen-bond donors (Lipinski definition) is 0. The Balaban J connectivity index is 0.000000230. The first-order chi connectivity index (χ1) is 31.1. The molecule has 0 N–H and O–H groups in total. The topological polar surface area (TPSA) is 180 Å². The van der Waals surface area contributed by atoms with E-state index in [9.17, 15) is 27.6 Å². The summed E-state index contributed by atoms with van der Waals surface area (Å²) in [6, 6.07) is 18.9. The Morgan fingerprint density at radius 1 is 0.738 bits per heavy atom. The minimum Gasteiger partial charge on any atom is -0.753 e. The number of carbonyl (C=O) groups is 3. The number of nitrogens with zero attached hydrogens (tertiary/aromatic N) is 7. The maximum Gasteiger partial charge on any atom is 2.00 e. The third kappa shape index (κ3) is 13.4. The smallest absolute Gasteiger partial charge is 0.753 e. The van der Waals surface area contributed by atoms with E-state index in [1.807, 2.05) is 12.2 Å². The number of unbranched alkanes of at least 4 members (excludes halogenated alkanes) is 3. The van der Waals surface area contributed by atoms with E-state index in [2.05, 4.69) is 56.4 Å². The Morgan fingerprint density at radius 2 is 1.34 bits per heavy atom. The van der Waals surface area contributed by atoms with Crippen molar-refractivity contribution in [3.63, 3.8) is 0 Å². The van der Waals surface area contributed by atoms with Crippen LogP contribution in [0.5, 0.6) is 15.9 Å². The van der Waals surface area contributed by atoms with Gasteiger partial charge in [0.05, 0.1) is 20.8 Å². The summed E-state index contributed by atoms with van der Waals surface area (Å²) in [5.41, 5.74) is 2.26. The van der Waals surface area contributed by atoms with Gasteiger partial charge in [-0.25, -0.2) is 4.98 Å². The summed E-state index contributed by atoms with van der Waals surface area (Å²) in [7, 11) is 0. The molecule has 8 aromatic heterocycles. The van der Waals surface area contributed by atoms with Crippen LogP contribution >= 0.6 is 46.2 Å². The van der Waals surface area contributed by atoms with Crippen molar-refractivity contribution in [1.82, 2.24) is 30.1 Å². The molecule has 0 aliphatic rings. The second-order valence-electron chi connectivity index (χ2n) is 13.1. The molecule has 0 aromatic carbocycles. The molecule has 0 fully saturated rings. The SMILES string of the molecule is CCCCCCc1ccc(/C=C/c2ccnc(-c3cc(C(F)(F)F)n[n-]3)c2)s1.O=COc1cc(-c2nccc3cc(OC=O)sc23)nc(-c2nccc3cc(OC=O)sc23)c1.[N-]=C=S.[Ru+2]. The zero-order valence-corrected chi connectivity index (χ0v) is 38.7. The second-order valence-corrected chi connectivity index (χ2v) is 16.5. The number of carbonyl (C=O) groups excluding carboxylic acids is 3. The predicted molar refractivity (Wildman–Crippen MR) is 244 cm³/mol. The molecular weight excluding hydrogens is 1010 g/mol. The molecule has 332 valence electrons. The number of hydrogen-bond acceptors (Lipinski definition) is 15. The molecule has 8 rings (SSSR count). The number of fused-ring (bicyclic) bond motifs is 2. The number of aryl methyl sites for hydroxylation is 1. The normalized spacial score (nSPS) is 10.8. The summed E-state index contributed by atoms with van der Waals surface area (Å²) >= 11 is 7.96. The number of rotatable bonds is 16. The van der Waals surface area contributed by atoms with Crippen LogP contribution in [0.3, 0.4) is 0 Å². The molecule has 0 spiro atoms. The van der Waals surface area contributed by atoms with Gasteiger partial charge < -0.3 is 29.8 Å². The molecule has 0 saturated heterocycles. The fourth-order valence-corrected chi connectivity index (χ4v) is 9.01. The van der Waals surface area contributed by atoms with Gasteiger partial charge in [0.25, 0.3) is 19.4 Å². The molecular formula is C44H32F3N7O6RuS4. The number of ether oxygens (including phenoxy) is 3. The largest absolute Gasteiger partial charge is 2.00 e. The minimum absolute atomic E-state index is 0. The fourth-order valence-electron chi connectivity index (χ4n) is 6.10. The summed E-state index contributed by atoms with van der Waals surface area (Å²) in [6.45, 7) is 3.26. The van der Waals surface area contributed by atoms with Gasteiger partial charge in [-0.15, -0.1) is 11.3 Å². The van der Waals surface area contributed by atoms with Crippen LogP contribution in [0.1, 0.15) is 53.6 Å². The van der Waals surface area contributed by atoms with Crippen LogP contribution < -0.4 is 19.3 Å². The van der Waals surface area contributed by atoms with Crippen LogP contribution in [0.4, 0.5) is 13.2 Å². The van der Waals surface area contributed by atoms with Gasteiger partial charge in [-0.2, -0.15) is 18.3 Å². The van der Waals surface area contributed by atoms with E-state index in [4.69, 9.17) is 24.6 Å². The summed E-state index contributed by atoms with van der Waals surface area (Å²) in [4.78, 5) is 52.9. The van der Waals surface area contributed by atoms with Gasteiger partial charge in [0, 0.05) is 69.1 Å². The van der Waals surface area contributed by atoms with Crippen molar-refractivity contribution in [1.29, 1.82) is 0 Å². The number of isothiocyanates is 1. The first-order valence-electron chi connectivity index (χ1n) is 19.0. The quantitative estimate of drug-likeness (QED) is 0.0294. The first-order valence-corrected chi connectivity index (χ1v) is 21.9. The molecule has 13 nitrogen and oxygen atoms in total. The van der Waals surface area contributed by atoms with Crippen LogP contribution in [0.25, 0.3) is 71.9 Å². The number of alkyl halides is 3. The van der Waals surface area contributed by atoms with E-state index in [1.165, 1.54) is 58.4 Å². The molecule has 0 amide bonds. The fraction of sp³-hybridized carbons (Fsp3) is 0.159. The minimum atomic E-state index is -4.50. The van der Waals surface area contributed by atoms with Gasteiger partial charge in [-0.1, -0.05) is 72.8 Å². The van der Waals surface area contributed by atoms with E-state index in [1.54, 1.807) is 78.5 Å². The molecule has 8 aromatic rings. The summed E-state index contributed by atoms with van der Waals surface area (Å²) in [5, 5.41) is 17.7. The second kappa shape index (κ2) is 24.2. The van der Waals surface area contributed by atoms with E-state index in [0.717, 1.165) is 43.1 Å². The first kappa shape index (κ1) is 49.8. The van der Waals surface area contributed by atoms with Crippen molar-refractivity contribution in [2.45, 2.75) is 45.2 Å². The van der Waals surface area contributed by atoms with Gasteiger partial charge >= 0.3 is 25.7 Å². The molecule has 0 radical (unpaired) electrons. The van der Waals surface area contributed by atoms with Gasteiger partial charge in [-0.3, -0.25) is 29.3 Å². The molecule has 0 aliphatic heterocycles. The molecule has 0 saturated carbocycles. The molecule has 0 atom stereocenters. The van der Waals surface area contributed by atoms with Gasteiger partial charge in [0.1, 0.15) is 22.8 Å². The molecule has 0 bridgehead atoms. The van der Waals surface area contributed by atoms with Crippen LogP contribution in [-0.4, -0.2) is 49.6 Å². The summed E-state index contributed by atoms with van der Waals surface area (Å²) < 4.78 is 54.7. The predicted octanol–water partition coefficient (Wildman–Crippen LogP) is 11.4. The third-order valence-electron chi connectivity index (χ3n) is 8.89. The standard InChI is InChI=1S/C22H11N3O6S2.C21H21F3N3S.CNS.Ru/c26-9-29-14-7-15(19-21-12(1-3-23-19)5-17(32-21)30-10-27)25-16(8-14)20-22-13(2-4-24-20)6-18(33-22)31-11-28;1-2-3-4-5-6-16-9-10-17(28-16)8-7-15-11-12-25-18(13-15)19-14-20(27-26-19)21(22,23)24;2-1-3;/h1-11H;7-14H,2-6H2,1H3;;/q;2*-1;+2/b;8-7+;;. The summed E-state index contributed by atoms with van der Waals surface area (Å²) in [6.07, 6.45) is 10.3. The van der Waals surface area contributed by atoms with Gasteiger partial charge in [-0.05, 0) is 66.9 Å². The zero-order valence-electron chi connectivity index (χ0n) is 33.7. The molecule has 0 aliphatic carbocycles. The van der Waals surface area contributed by atoms with Crippen molar-refractivity contribution in [2.75, 3.05) is 0 Å². The Bertz CT molecular complexity index is 2840. The number of aromatic nitrogens is 6. The van der Waals surface area contributed by atoms with Crippen molar-refractivity contribution in [2.24, 2.45) is 0 Å². The van der Waals surface area contributed by atoms with Gasteiger partial charge in [0.2, 0.25) is 0 Å². The molecule has 8 heterocycles. The number of thiocarbonyl (C=S) groups is 1. The maximum atomic E-state index is 12.7. The monoisotopic (exact) mass is 1040 g/mol. The van der Waals surface area contributed by atoms with Crippen LogP contribution in [-0.2, 0) is 46.5 Å². The van der Waals surface area contributed by atoms with E-state index in [-0.39, 0.29) is 30.9 Å². The average molecular weight is 1040 g/mol. The van der Waals surface area contributed by atoms with Crippen LogP contribution in [0, 0.1) is 0 Å². The summed E-state index contributed by atoms with van der Waals surface area (Å²) in [5.74, 6) is 0.254. The zero-order chi connectivity index (χ0) is 45.5. The number of pyridine rings is 4. The average Bonchev–Trinajstić information content (AvgIpc) is 4.12. The molecule has 21 heteroatoms.